The Morgan fingerprint density at radius 1 is 0.955 bits per heavy atom. The van der Waals surface area contributed by atoms with Gasteiger partial charge in [-0.25, -0.2) is 0 Å². The fourth-order valence-corrected chi connectivity index (χ4v) is 2.15. The summed E-state index contributed by atoms with van der Waals surface area (Å²) >= 11 is 0. The molecule has 0 spiro atoms. The predicted molar refractivity (Wildman–Crippen MR) is 72.9 cm³/mol. The molecule has 0 aliphatic heterocycles. The molecule has 0 radical (unpaired) electrons. The molecule has 0 heterocycles. The fourth-order valence-electron chi connectivity index (χ4n) is 1.68. The average Bonchev–Trinajstić information content (AvgIpc) is 2.46. The molecule has 22 heavy (non-hydrogen) atoms. The summed E-state index contributed by atoms with van der Waals surface area (Å²) < 4.78 is 63.3. The maximum absolute atomic E-state index is 12.4. The first-order valence-electron chi connectivity index (χ1n) is 5.90. The minimum atomic E-state index is -5.84. The smallest absolute Gasteiger partial charge is 0.375 e. The van der Waals surface area contributed by atoms with E-state index in [1.54, 1.807) is 30.3 Å². The van der Waals surface area contributed by atoms with Crippen molar-refractivity contribution in [1.82, 2.24) is 0 Å². The third-order valence-electron chi connectivity index (χ3n) is 2.73. The molecular weight excluding hydrogens is 321 g/mol. The van der Waals surface area contributed by atoms with Crippen molar-refractivity contribution >= 4 is 16.4 Å². The molecule has 4 nitrogen and oxygen atoms in total. The van der Waals surface area contributed by atoms with Crippen LogP contribution in [0.2, 0.25) is 0 Å². The molecule has 8 heteroatoms. The number of aldehydes is 1. The van der Waals surface area contributed by atoms with Crippen LogP contribution in [0.15, 0.2) is 48.5 Å². The molecule has 2 rings (SSSR count). The summed E-state index contributed by atoms with van der Waals surface area (Å²) in [5, 5.41) is 0. The quantitative estimate of drug-likeness (QED) is 0.490. The van der Waals surface area contributed by atoms with Crippen LogP contribution in [-0.4, -0.2) is 20.2 Å². The summed E-state index contributed by atoms with van der Waals surface area (Å²) in [5.41, 5.74) is -4.82. The van der Waals surface area contributed by atoms with E-state index in [2.05, 4.69) is 4.18 Å². The van der Waals surface area contributed by atoms with Crippen LogP contribution in [0.1, 0.15) is 10.4 Å². The van der Waals surface area contributed by atoms with Crippen molar-refractivity contribution in [3.8, 4) is 16.9 Å². The summed E-state index contributed by atoms with van der Waals surface area (Å²) in [6.07, 6.45) is 0.218. The molecule has 0 aliphatic rings. The Hall–Kier alpha value is -2.35. The highest BCUT2D eigenvalue weighted by Crippen LogP contribution is 2.31. The summed E-state index contributed by atoms with van der Waals surface area (Å²) in [7, 11) is -5.84. The van der Waals surface area contributed by atoms with E-state index in [9.17, 15) is 26.4 Å². The Morgan fingerprint density at radius 3 is 2.14 bits per heavy atom. The average molecular weight is 330 g/mol. The highest BCUT2D eigenvalue weighted by Gasteiger charge is 2.48. The van der Waals surface area contributed by atoms with Crippen molar-refractivity contribution in [1.29, 1.82) is 0 Å². The van der Waals surface area contributed by atoms with Gasteiger partial charge in [-0.1, -0.05) is 36.4 Å². The van der Waals surface area contributed by atoms with E-state index in [-0.39, 0.29) is 11.8 Å². The van der Waals surface area contributed by atoms with Gasteiger partial charge >= 0.3 is 15.6 Å². The Kier molecular flexibility index (Phi) is 4.23. The first-order chi connectivity index (χ1) is 10.2. The van der Waals surface area contributed by atoms with Gasteiger partial charge in [0.2, 0.25) is 0 Å². The number of benzene rings is 2. The molecule has 0 N–H and O–H groups in total. The zero-order valence-electron chi connectivity index (χ0n) is 10.9. The second-order valence-corrected chi connectivity index (χ2v) is 5.76. The van der Waals surface area contributed by atoms with E-state index >= 15 is 0 Å². The number of rotatable bonds is 4. The van der Waals surface area contributed by atoms with Crippen molar-refractivity contribution in [2.75, 3.05) is 0 Å². The number of alkyl halides is 3. The van der Waals surface area contributed by atoms with Crippen LogP contribution in [0.3, 0.4) is 0 Å². The summed E-state index contributed by atoms with van der Waals surface area (Å²) in [5.74, 6) is -0.673. The number of hydrogen-bond donors (Lipinski definition) is 0. The van der Waals surface area contributed by atoms with E-state index in [4.69, 9.17) is 0 Å². The molecule has 2 aromatic carbocycles. The molecule has 0 bridgehead atoms. The lowest BCUT2D eigenvalue weighted by atomic mass is 10.0. The van der Waals surface area contributed by atoms with Gasteiger partial charge in [0.15, 0.2) is 12.0 Å². The van der Waals surface area contributed by atoms with Gasteiger partial charge in [-0.15, -0.1) is 0 Å². The van der Waals surface area contributed by atoms with Gasteiger partial charge in [0.1, 0.15) is 0 Å². The molecule has 0 aliphatic carbocycles. The summed E-state index contributed by atoms with van der Waals surface area (Å²) in [6.45, 7) is 0. The van der Waals surface area contributed by atoms with E-state index < -0.39 is 21.4 Å². The minimum Gasteiger partial charge on any atom is -0.375 e. The zero-order valence-corrected chi connectivity index (χ0v) is 11.7. The van der Waals surface area contributed by atoms with Crippen LogP contribution in [0.5, 0.6) is 5.75 Å². The monoisotopic (exact) mass is 330 g/mol. The van der Waals surface area contributed by atoms with Crippen molar-refractivity contribution in [3.05, 3.63) is 54.1 Å². The van der Waals surface area contributed by atoms with Crippen molar-refractivity contribution in [2.24, 2.45) is 0 Å². The molecule has 116 valence electrons. The van der Waals surface area contributed by atoms with Crippen molar-refractivity contribution < 1.29 is 30.6 Å². The van der Waals surface area contributed by atoms with Gasteiger partial charge in [0.05, 0.1) is 5.56 Å². The topological polar surface area (TPSA) is 60.4 Å². The largest absolute Gasteiger partial charge is 0.534 e. The normalized spacial score (nSPS) is 12.0. The van der Waals surface area contributed by atoms with Crippen LogP contribution in [0, 0.1) is 0 Å². The number of hydrogen-bond acceptors (Lipinski definition) is 4. The Morgan fingerprint density at radius 2 is 1.59 bits per heavy atom. The van der Waals surface area contributed by atoms with E-state index in [1.165, 1.54) is 12.1 Å². The molecule has 0 amide bonds. The van der Waals surface area contributed by atoms with Gasteiger partial charge < -0.3 is 4.18 Å². The van der Waals surface area contributed by atoms with Crippen LogP contribution in [0.4, 0.5) is 13.2 Å². The van der Waals surface area contributed by atoms with Gasteiger partial charge in [-0.3, -0.25) is 4.79 Å². The van der Waals surface area contributed by atoms with Crippen LogP contribution in [0.25, 0.3) is 11.1 Å². The molecule has 2 aromatic rings. The summed E-state index contributed by atoms with van der Waals surface area (Å²) in [6, 6.07) is 12.3. The van der Waals surface area contributed by atoms with Crippen molar-refractivity contribution in [3.63, 3.8) is 0 Å². The number of halogens is 3. The van der Waals surface area contributed by atoms with Gasteiger partial charge in [0, 0.05) is 0 Å². The molecule has 0 unspecified atom stereocenters. The first-order valence-corrected chi connectivity index (χ1v) is 7.31. The minimum absolute atomic E-state index is 0.218. The Bertz CT molecular complexity index is 783. The second-order valence-electron chi connectivity index (χ2n) is 4.22. The molecular formula is C14H9F3O4S. The van der Waals surface area contributed by atoms with Gasteiger partial charge in [-0.05, 0) is 23.3 Å². The SMILES string of the molecule is O=Cc1ccc(-c2ccccc2)cc1OS(=O)(=O)C(F)(F)F. The van der Waals surface area contributed by atoms with E-state index in [1.807, 2.05) is 0 Å². The number of carbonyl (C=O) groups is 1. The molecule has 0 atom stereocenters. The zero-order chi connectivity index (χ0) is 16.4. The van der Waals surface area contributed by atoms with Crippen LogP contribution >= 0.6 is 0 Å². The lowest BCUT2D eigenvalue weighted by molar-refractivity contribution is -0.0500. The lowest BCUT2D eigenvalue weighted by Crippen LogP contribution is -2.28. The second kappa shape index (κ2) is 5.80. The maximum Gasteiger partial charge on any atom is 0.534 e. The molecule has 0 saturated heterocycles. The van der Waals surface area contributed by atoms with Crippen LogP contribution < -0.4 is 4.18 Å². The lowest BCUT2D eigenvalue weighted by Gasteiger charge is -2.12. The first kappa shape index (κ1) is 16.0. The predicted octanol–water partition coefficient (Wildman–Crippen LogP) is 3.39. The summed E-state index contributed by atoms with van der Waals surface area (Å²) in [4.78, 5) is 10.9. The molecule has 0 fully saturated rings. The highest BCUT2D eigenvalue weighted by molar-refractivity contribution is 7.88. The fraction of sp³-hybridized carbons (Fsp3) is 0.0714. The maximum atomic E-state index is 12.4. The molecule has 0 saturated carbocycles. The van der Waals surface area contributed by atoms with Gasteiger partial charge in [-0.2, -0.15) is 21.6 Å². The number of carbonyl (C=O) groups excluding carboxylic acids is 1. The third-order valence-corrected chi connectivity index (χ3v) is 3.70. The molecule has 0 aromatic heterocycles. The Labute approximate surface area is 124 Å². The van der Waals surface area contributed by atoms with E-state index in [0.717, 1.165) is 6.07 Å². The standard InChI is InChI=1S/C14H9F3O4S/c15-14(16,17)22(19,20)21-13-8-11(6-7-12(13)9-18)10-4-2-1-3-5-10/h1-9H. The third kappa shape index (κ3) is 3.28. The van der Waals surface area contributed by atoms with Crippen molar-refractivity contribution in [2.45, 2.75) is 5.51 Å². The van der Waals surface area contributed by atoms with E-state index in [0.29, 0.717) is 11.1 Å². The van der Waals surface area contributed by atoms with Crippen LogP contribution in [-0.2, 0) is 10.1 Å². The highest BCUT2D eigenvalue weighted by atomic mass is 32.2. The van der Waals surface area contributed by atoms with Gasteiger partial charge in [0.25, 0.3) is 0 Å². The Balaban J connectivity index is 2.49.